The lowest BCUT2D eigenvalue weighted by molar-refractivity contribution is -1.02. The van der Waals surface area contributed by atoms with E-state index in [1.54, 1.807) is 4.90 Å². The van der Waals surface area contributed by atoms with Crippen LogP contribution in [0.3, 0.4) is 0 Å². The molecule has 0 bridgehead atoms. The minimum absolute atomic E-state index is 0.604. The van der Waals surface area contributed by atoms with Crippen molar-refractivity contribution < 1.29 is 14.3 Å². The highest BCUT2D eigenvalue weighted by molar-refractivity contribution is 6.30. The first-order valence-electron chi connectivity index (χ1n) is 9.73. The lowest BCUT2D eigenvalue weighted by atomic mass is 10.2. The zero-order valence-electron chi connectivity index (χ0n) is 15.8. The van der Waals surface area contributed by atoms with Crippen LogP contribution >= 0.6 is 11.6 Å². The predicted molar refractivity (Wildman–Crippen MR) is 110 cm³/mol. The van der Waals surface area contributed by atoms with E-state index in [9.17, 15) is 0 Å². The lowest BCUT2D eigenvalue weighted by Gasteiger charge is -2.28. The van der Waals surface area contributed by atoms with Crippen molar-refractivity contribution >= 4 is 17.7 Å². The van der Waals surface area contributed by atoms with Crippen molar-refractivity contribution in [2.24, 2.45) is 0 Å². The van der Waals surface area contributed by atoms with Gasteiger partial charge in [-0.15, -0.1) is 0 Å². The quantitative estimate of drug-likeness (QED) is 0.662. The third-order valence-electron chi connectivity index (χ3n) is 5.13. The summed E-state index contributed by atoms with van der Waals surface area (Å²) >= 11 is 6.04. The van der Waals surface area contributed by atoms with E-state index >= 15 is 0 Å². The highest BCUT2D eigenvalue weighted by Crippen LogP contribution is 2.19. The Balaban J connectivity index is 1.25. The number of quaternary nitrogens is 2. The molecule has 2 aromatic carbocycles. The summed E-state index contributed by atoms with van der Waals surface area (Å²) in [5.41, 5.74) is 2.15. The van der Waals surface area contributed by atoms with E-state index in [0.29, 0.717) is 16.7 Å². The Labute approximate surface area is 170 Å². The molecule has 1 aliphatic heterocycles. The Bertz CT molecular complexity index is 917. The van der Waals surface area contributed by atoms with Crippen LogP contribution in [0.15, 0.2) is 65.2 Å². The average molecular weight is 397 g/mol. The van der Waals surface area contributed by atoms with Crippen LogP contribution in [0.25, 0.3) is 17.5 Å². The maximum Gasteiger partial charge on any atom is 0.282 e. The zero-order chi connectivity index (χ0) is 19.2. The van der Waals surface area contributed by atoms with Gasteiger partial charge in [0, 0.05) is 10.6 Å². The smallest absolute Gasteiger partial charge is 0.282 e. The van der Waals surface area contributed by atoms with Crippen molar-refractivity contribution in [1.82, 2.24) is 10.1 Å². The molecule has 0 unspecified atom stereocenters. The molecule has 0 spiro atoms. The van der Waals surface area contributed by atoms with Crippen LogP contribution < -0.4 is 9.80 Å². The molecular formula is C22H25ClN4O+2. The summed E-state index contributed by atoms with van der Waals surface area (Å²) < 4.78 is 5.46. The van der Waals surface area contributed by atoms with Gasteiger partial charge in [0.1, 0.15) is 26.2 Å². The Kier molecular flexibility index (Phi) is 6.17. The van der Waals surface area contributed by atoms with Crippen molar-refractivity contribution in [3.63, 3.8) is 0 Å². The minimum Gasteiger partial charge on any atom is -0.333 e. The summed E-state index contributed by atoms with van der Waals surface area (Å²) in [6.45, 7) is 6.39. The normalized spacial score (nSPS) is 19.9. The van der Waals surface area contributed by atoms with Gasteiger partial charge in [-0.1, -0.05) is 65.3 Å². The zero-order valence-corrected chi connectivity index (χ0v) is 16.5. The first-order chi connectivity index (χ1) is 13.8. The van der Waals surface area contributed by atoms with E-state index in [1.807, 2.05) is 30.3 Å². The van der Waals surface area contributed by atoms with E-state index < -0.39 is 0 Å². The second kappa shape index (κ2) is 9.15. The molecule has 6 heteroatoms. The van der Waals surface area contributed by atoms with Crippen LogP contribution in [-0.4, -0.2) is 42.9 Å². The van der Waals surface area contributed by atoms with Gasteiger partial charge in [-0.25, -0.2) is 0 Å². The summed E-state index contributed by atoms with van der Waals surface area (Å²) in [6.07, 6.45) is 4.49. The standard InChI is InChI=1S/C22H23ClN4O/c23-20-10-4-9-19(16-20)22-24-21(28-25-22)17-27-14-12-26(13-15-27)11-5-8-18-6-2-1-3-7-18/h1-10,16H,11-15,17H2/p+2/b8-5+. The Morgan fingerprint density at radius 2 is 1.75 bits per heavy atom. The molecule has 1 aromatic heterocycles. The number of aromatic nitrogens is 2. The maximum absolute atomic E-state index is 6.04. The fourth-order valence-electron chi connectivity index (χ4n) is 3.55. The number of nitrogens with zero attached hydrogens (tertiary/aromatic N) is 2. The molecule has 0 amide bonds. The van der Waals surface area contributed by atoms with Crippen LogP contribution in [-0.2, 0) is 6.54 Å². The van der Waals surface area contributed by atoms with Gasteiger partial charge in [0.25, 0.3) is 5.89 Å². The average Bonchev–Trinajstić information content (AvgIpc) is 3.19. The summed E-state index contributed by atoms with van der Waals surface area (Å²) in [5, 5.41) is 4.78. The molecule has 28 heavy (non-hydrogen) atoms. The monoisotopic (exact) mass is 396 g/mol. The first kappa shape index (κ1) is 18.9. The largest absolute Gasteiger partial charge is 0.333 e. The van der Waals surface area contributed by atoms with Crippen molar-refractivity contribution in [3.05, 3.63) is 77.2 Å². The molecule has 2 heterocycles. The second-order valence-electron chi connectivity index (χ2n) is 7.22. The Morgan fingerprint density at radius 3 is 2.54 bits per heavy atom. The molecule has 0 radical (unpaired) electrons. The molecule has 1 aliphatic rings. The van der Waals surface area contributed by atoms with Crippen molar-refractivity contribution in [2.45, 2.75) is 6.54 Å². The highest BCUT2D eigenvalue weighted by Gasteiger charge is 2.24. The Hall–Kier alpha value is -2.47. The van der Waals surface area contributed by atoms with Crippen molar-refractivity contribution in [2.75, 3.05) is 32.7 Å². The van der Waals surface area contributed by atoms with Gasteiger partial charge in [-0.2, -0.15) is 4.98 Å². The molecule has 1 fully saturated rings. The lowest BCUT2D eigenvalue weighted by Crippen LogP contribution is -3.27. The summed E-state index contributed by atoms with van der Waals surface area (Å²) in [4.78, 5) is 7.67. The minimum atomic E-state index is 0.604. The van der Waals surface area contributed by atoms with Gasteiger partial charge in [0.2, 0.25) is 5.82 Å². The number of piperazine rings is 1. The predicted octanol–water partition coefficient (Wildman–Crippen LogP) is 1.39. The van der Waals surface area contributed by atoms with Gasteiger partial charge >= 0.3 is 0 Å². The van der Waals surface area contributed by atoms with Gasteiger partial charge in [0.05, 0.1) is 6.54 Å². The third-order valence-corrected chi connectivity index (χ3v) is 5.37. The number of hydrogen-bond donors (Lipinski definition) is 2. The van der Waals surface area contributed by atoms with E-state index in [1.165, 1.54) is 10.5 Å². The fraction of sp³-hybridized carbons (Fsp3) is 0.273. The molecule has 0 aliphatic carbocycles. The number of halogens is 1. The molecular weight excluding hydrogens is 372 g/mol. The number of hydrogen-bond acceptors (Lipinski definition) is 3. The van der Waals surface area contributed by atoms with Crippen molar-refractivity contribution in [1.29, 1.82) is 0 Å². The van der Waals surface area contributed by atoms with Gasteiger partial charge in [0.15, 0.2) is 6.54 Å². The second-order valence-corrected chi connectivity index (χ2v) is 7.65. The topological polar surface area (TPSA) is 47.8 Å². The maximum atomic E-state index is 6.04. The Morgan fingerprint density at radius 1 is 0.964 bits per heavy atom. The molecule has 2 N–H and O–H groups in total. The summed E-state index contributed by atoms with van der Waals surface area (Å²) in [6, 6.07) is 18.0. The van der Waals surface area contributed by atoms with Gasteiger partial charge in [-0.3, -0.25) is 0 Å². The molecule has 144 valence electrons. The first-order valence-corrected chi connectivity index (χ1v) is 10.1. The third kappa shape index (κ3) is 5.07. The van der Waals surface area contributed by atoms with Crippen molar-refractivity contribution in [3.8, 4) is 11.4 Å². The van der Waals surface area contributed by atoms with E-state index in [0.717, 1.165) is 44.8 Å². The number of rotatable bonds is 6. The molecule has 3 aromatic rings. The fourth-order valence-corrected chi connectivity index (χ4v) is 3.74. The van der Waals surface area contributed by atoms with Crippen LogP contribution in [0.4, 0.5) is 0 Å². The van der Waals surface area contributed by atoms with E-state index in [-0.39, 0.29) is 0 Å². The van der Waals surface area contributed by atoms with Gasteiger partial charge in [-0.05, 0) is 23.8 Å². The molecule has 0 atom stereocenters. The number of nitrogens with one attached hydrogen (secondary N) is 2. The van der Waals surface area contributed by atoms with Crippen LogP contribution in [0, 0.1) is 0 Å². The van der Waals surface area contributed by atoms with E-state index in [4.69, 9.17) is 16.1 Å². The van der Waals surface area contributed by atoms with Crippen LogP contribution in [0.2, 0.25) is 5.02 Å². The molecule has 1 saturated heterocycles. The van der Waals surface area contributed by atoms with Gasteiger partial charge < -0.3 is 14.3 Å². The van der Waals surface area contributed by atoms with Crippen LogP contribution in [0.5, 0.6) is 0 Å². The molecule has 0 saturated carbocycles. The molecule has 4 rings (SSSR count). The number of benzene rings is 2. The van der Waals surface area contributed by atoms with E-state index in [2.05, 4.69) is 46.6 Å². The van der Waals surface area contributed by atoms with Crippen LogP contribution in [0.1, 0.15) is 11.5 Å². The molecule has 5 nitrogen and oxygen atoms in total. The SMILES string of the molecule is Clc1cccc(-c2noc(C[NH+]3CC[NH+](C/C=C/c4ccccc4)CC3)n2)c1. The summed E-state index contributed by atoms with van der Waals surface area (Å²) in [5.74, 6) is 1.30. The summed E-state index contributed by atoms with van der Waals surface area (Å²) in [7, 11) is 0. The highest BCUT2D eigenvalue weighted by atomic mass is 35.5.